The Morgan fingerprint density at radius 2 is 2.10 bits per heavy atom. The Morgan fingerprint density at radius 1 is 1.35 bits per heavy atom. The summed E-state index contributed by atoms with van der Waals surface area (Å²) in [7, 11) is 0. The van der Waals surface area contributed by atoms with Crippen LogP contribution in [0, 0.1) is 0 Å². The van der Waals surface area contributed by atoms with Crippen molar-refractivity contribution >= 4 is 5.97 Å². The van der Waals surface area contributed by atoms with E-state index >= 15 is 0 Å². The van der Waals surface area contributed by atoms with Gasteiger partial charge in [0.05, 0.1) is 12.7 Å². The lowest BCUT2D eigenvalue weighted by Crippen LogP contribution is -2.06. The van der Waals surface area contributed by atoms with E-state index in [2.05, 4.69) is 4.98 Å². The second-order valence-corrected chi connectivity index (χ2v) is 4.98. The number of rotatable bonds is 3. The molecule has 1 fully saturated rings. The molecule has 0 bridgehead atoms. The lowest BCUT2D eigenvalue weighted by Gasteiger charge is -2.03. The molecule has 2 heterocycles. The van der Waals surface area contributed by atoms with Gasteiger partial charge in [-0.3, -0.25) is 0 Å². The van der Waals surface area contributed by atoms with Crippen LogP contribution in [0.2, 0.25) is 0 Å². The van der Waals surface area contributed by atoms with Crippen LogP contribution in [0.25, 0.3) is 11.5 Å². The minimum Gasteiger partial charge on any atom is -0.476 e. The molecule has 5 nitrogen and oxygen atoms in total. The van der Waals surface area contributed by atoms with Crippen LogP contribution in [0.3, 0.4) is 0 Å². The summed E-state index contributed by atoms with van der Waals surface area (Å²) in [4.78, 5) is 15.5. The highest BCUT2D eigenvalue weighted by Gasteiger charge is 2.32. The summed E-state index contributed by atoms with van der Waals surface area (Å²) in [5.74, 6) is -0.343. The number of aromatic carboxylic acids is 1. The van der Waals surface area contributed by atoms with Gasteiger partial charge in [0.15, 0.2) is 5.69 Å². The van der Waals surface area contributed by atoms with E-state index in [-0.39, 0.29) is 17.7 Å². The van der Waals surface area contributed by atoms with Crippen LogP contribution in [0.15, 0.2) is 34.7 Å². The SMILES string of the molecule is CC1CC(c2oc(-c3ccccc3)nc2C(=O)O)CO1. The molecule has 5 heteroatoms. The fourth-order valence-corrected chi connectivity index (χ4v) is 2.47. The van der Waals surface area contributed by atoms with Gasteiger partial charge in [-0.2, -0.15) is 0 Å². The summed E-state index contributed by atoms with van der Waals surface area (Å²) in [5, 5.41) is 9.29. The number of aromatic nitrogens is 1. The third-order valence-electron chi connectivity index (χ3n) is 3.45. The Labute approximate surface area is 116 Å². The van der Waals surface area contributed by atoms with Crippen molar-refractivity contribution in [3.8, 4) is 11.5 Å². The molecule has 1 aliphatic rings. The summed E-state index contributed by atoms with van der Waals surface area (Å²) in [6.45, 7) is 2.44. The average Bonchev–Trinajstić information content (AvgIpc) is 3.05. The molecule has 2 unspecified atom stereocenters. The zero-order valence-corrected chi connectivity index (χ0v) is 11.1. The number of carbonyl (C=O) groups is 1. The van der Waals surface area contributed by atoms with Gasteiger partial charge in [0, 0.05) is 11.5 Å². The topological polar surface area (TPSA) is 72.6 Å². The smallest absolute Gasteiger partial charge is 0.358 e. The van der Waals surface area contributed by atoms with Gasteiger partial charge in [-0.15, -0.1) is 0 Å². The van der Waals surface area contributed by atoms with Gasteiger partial charge >= 0.3 is 5.97 Å². The first-order valence-corrected chi connectivity index (χ1v) is 6.56. The van der Waals surface area contributed by atoms with Crippen LogP contribution in [0.4, 0.5) is 0 Å². The van der Waals surface area contributed by atoms with Crippen LogP contribution in [-0.4, -0.2) is 28.8 Å². The van der Waals surface area contributed by atoms with Gasteiger partial charge in [-0.1, -0.05) is 18.2 Å². The molecular weight excluding hydrogens is 258 g/mol. The molecule has 2 aromatic rings. The molecule has 20 heavy (non-hydrogen) atoms. The van der Waals surface area contributed by atoms with E-state index in [1.54, 1.807) is 0 Å². The summed E-state index contributed by atoms with van der Waals surface area (Å²) >= 11 is 0. The van der Waals surface area contributed by atoms with E-state index in [9.17, 15) is 9.90 Å². The maximum Gasteiger partial charge on any atom is 0.358 e. The van der Waals surface area contributed by atoms with Crippen molar-refractivity contribution < 1.29 is 19.1 Å². The number of hydrogen-bond acceptors (Lipinski definition) is 4. The van der Waals surface area contributed by atoms with Crippen LogP contribution >= 0.6 is 0 Å². The molecule has 1 N–H and O–H groups in total. The van der Waals surface area contributed by atoms with Crippen LogP contribution in [0.1, 0.15) is 35.5 Å². The third kappa shape index (κ3) is 2.32. The molecule has 1 aromatic carbocycles. The van der Waals surface area contributed by atoms with Gasteiger partial charge < -0.3 is 14.3 Å². The highest BCUT2D eigenvalue weighted by atomic mass is 16.5. The van der Waals surface area contributed by atoms with Gasteiger partial charge in [0.2, 0.25) is 5.89 Å². The second kappa shape index (κ2) is 5.09. The molecule has 104 valence electrons. The maximum atomic E-state index is 11.3. The van der Waals surface area contributed by atoms with E-state index in [1.165, 1.54) is 0 Å². The maximum absolute atomic E-state index is 11.3. The van der Waals surface area contributed by atoms with Crippen molar-refractivity contribution in [3.63, 3.8) is 0 Å². The van der Waals surface area contributed by atoms with Crippen molar-refractivity contribution in [3.05, 3.63) is 41.8 Å². The molecular formula is C15H15NO4. The minimum absolute atomic E-state index is 0.00782. The Balaban J connectivity index is 2.01. The van der Waals surface area contributed by atoms with Crippen LogP contribution < -0.4 is 0 Å². The summed E-state index contributed by atoms with van der Waals surface area (Å²) < 4.78 is 11.2. The zero-order chi connectivity index (χ0) is 14.1. The highest BCUT2D eigenvalue weighted by Crippen LogP contribution is 2.34. The quantitative estimate of drug-likeness (QED) is 0.930. The first-order valence-electron chi connectivity index (χ1n) is 6.56. The number of benzene rings is 1. The molecule has 3 rings (SSSR count). The van der Waals surface area contributed by atoms with Crippen molar-refractivity contribution in [1.82, 2.24) is 4.98 Å². The number of ether oxygens (including phenoxy) is 1. The Bertz CT molecular complexity index is 620. The van der Waals surface area contributed by atoms with Crippen molar-refractivity contribution in [2.75, 3.05) is 6.61 Å². The fourth-order valence-electron chi connectivity index (χ4n) is 2.47. The van der Waals surface area contributed by atoms with Gasteiger partial charge in [-0.05, 0) is 25.5 Å². The predicted octanol–water partition coefficient (Wildman–Crippen LogP) is 2.93. The second-order valence-electron chi connectivity index (χ2n) is 4.98. The number of carboxylic acid groups (broad SMARTS) is 1. The zero-order valence-electron chi connectivity index (χ0n) is 11.1. The minimum atomic E-state index is -1.06. The number of oxazole rings is 1. The molecule has 1 aliphatic heterocycles. The van der Waals surface area contributed by atoms with Gasteiger partial charge in [-0.25, -0.2) is 9.78 Å². The van der Waals surface area contributed by atoms with Crippen molar-refractivity contribution in [2.24, 2.45) is 0 Å². The van der Waals surface area contributed by atoms with E-state index in [1.807, 2.05) is 37.3 Å². The normalized spacial score (nSPS) is 22.1. The molecule has 1 saturated heterocycles. The third-order valence-corrected chi connectivity index (χ3v) is 3.45. The van der Waals surface area contributed by atoms with Gasteiger partial charge in [0.1, 0.15) is 5.76 Å². The van der Waals surface area contributed by atoms with Gasteiger partial charge in [0.25, 0.3) is 0 Å². The summed E-state index contributed by atoms with van der Waals surface area (Å²) in [5.41, 5.74) is 0.764. The van der Waals surface area contributed by atoms with E-state index in [4.69, 9.17) is 9.15 Å². The molecule has 2 atom stereocenters. The van der Waals surface area contributed by atoms with Crippen molar-refractivity contribution in [2.45, 2.75) is 25.4 Å². The predicted molar refractivity (Wildman–Crippen MR) is 71.7 cm³/mol. The van der Waals surface area contributed by atoms with E-state index < -0.39 is 5.97 Å². The Hall–Kier alpha value is -2.14. The largest absolute Gasteiger partial charge is 0.476 e. The molecule has 0 spiro atoms. The number of nitrogens with zero attached hydrogens (tertiary/aromatic N) is 1. The number of hydrogen-bond donors (Lipinski definition) is 1. The monoisotopic (exact) mass is 273 g/mol. The average molecular weight is 273 g/mol. The lowest BCUT2D eigenvalue weighted by molar-refractivity contribution is 0.0687. The molecule has 1 aromatic heterocycles. The van der Waals surface area contributed by atoms with Crippen LogP contribution in [-0.2, 0) is 4.74 Å². The summed E-state index contributed by atoms with van der Waals surface area (Å²) in [6.07, 6.45) is 0.871. The fraction of sp³-hybridized carbons (Fsp3) is 0.333. The van der Waals surface area contributed by atoms with Crippen LogP contribution in [0.5, 0.6) is 0 Å². The number of carboxylic acids is 1. The van der Waals surface area contributed by atoms with Crippen molar-refractivity contribution in [1.29, 1.82) is 0 Å². The molecule has 0 amide bonds. The van der Waals surface area contributed by atoms with E-state index in [0.717, 1.165) is 12.0 Å². The summed E-state index contributed by atoms with van der Waals surface area (Å²) in [6, 6.07) is 9.29. The molecule has 0 aliphatic carbocycles. The van der Waals surface area contributed by atoms with E-state index in [0.29, 0.717) is 18.3 Å². The first kappa shape index (κ1) is 12.9. The Kier molecular flexibility index (Phi) is 3.28. The first-order chi connectivity index (χ1) is 9.65. The standard InChI is InChI=1S/C15H15NO4/c1-9-7-11(8-19-9)13-12(15(17)18)16-14(20-13)10-5-3-2-4-6-10/h2-6,9,11H,7-8H2,1H3,(H,17,18). The lowest BCUT2D eigenvalue weighted by atomic mass is 10.0. The molecule has 0 saturated carbocycles. The highest BCUT2D eigenvalue weighted by molar-refractivity contribution is 5.87. The Morgan fingerprint density at radius 3 is 2.70 bits per heavy atom. The molecule has 0 radical (unpaired) electrons.